The van der Waals surface area contributed by atoms with Gasteiger partial charge in [-0.3, -0.25) is 0 Å². The summed E-state index contributed by atoms with van der Waals surface area (Å²) in [5, 5.41) is 8.45. The second kappa shape index (κ2) is 6.92. The smallest absolute Gasteiger partial charge is 0.143 e. The minimum Gasteiger partial charge on any atom is -0.497 e. The van der Waals surface area contributed by atoms with Crippen LogP contribution in [0.5, 0.6) is 5.75 Å². The predicted octanol–water partition coefficient (Wildman–Crippen LogP) is 3.07. The highest BCUT2D eigenvalue weighted by Crippen LogP contribution is 2.15. The monoisotopic (exact) mass is 287 g/mol. The van der Waals surface area contributed by atoms with E-state index in [2.05, 4.69) is 22.6 Å². The van der Waals surface area contributed by atoms with Crippen molar-refractivity contribution >= 4 is 5.71 Å². The molecule has 2 aromatic rings. The number of nitrogens with one attached hydrogen (secondary N) is 1. The molecule has 0 amide bonds. The zero-order valence-corrected chi connectivity index (χ0v) is 12.9. The molecule has 2 rings (SSSR count). The Bertz CT molecular complexity index is 615. The maximum absolute atomic E-state index is 5.23. The van der Waals surface area contributed by atoms with Gasteiger partial charge in [-0.1, -0.05) is 24.2 Å². The number of nitrogens with zero attached hydrogens (tertiary/aromatic N) is 2. The number of benzene rings is 1. The third-order valence-corrected chi connectivity index (χ3v) is 3.32. The first kappa shape index (κ1) is 15.1. The molecule has 112 valence electrons. The summed E-state index contributed by atoms with van der Waals surface area (Å²) < 4.78 is 10.4. The van der Waals surface area contributed by atoms with Gasteiger partial charge in [-0.05, 0) is 38.0 Å². The lowest BCUT2D eigenvalue weighted by atomic mass is 10.1. The van der Waals surface area contributed by atoms with E-state index in [1.165, 1.54) is 0 Å². The Morgan fingerprint density at radius 3 is 2.67 bits per heavy atom. The molecular weight excluding hydrogens is 266 g/mol. The maximum atomic E-state index is 5.23. The fourth-order valence-electron chi connectivity index (χ4n) is 2.17. The van der Waals surface area contributed by atoms with Crippen LogP contribution < -0.4 is 10.2 Å². The minimum absolute atomic E-state index is 0.660. The van der Waals surface area contributed by atoms with Crippen LogP contribution in [0.25, 0.3) is 0 Å². The van der Waals surface area contributed by atoms with Crippen molar-refractivity contribution in [3.8, 4) is 5.75 Å². The van der Waals surface area contributed by atoms with E-state index in [9.17, 15) is 0 Å². The maximum Gasteiger partial charge on any atom is 0.143 e. The van der Waals surface area contributed by atoms with Crippen LogP contribution in [0.15, 0.2) is 33.9 Å². The molecule has 0 unspecified atom stereocenters. The SMILES string of the molecule is CCc1noc(C)c1C(C)=NNCc1ccc(OC)cc1. The van der Waals surface area contributed by atoms with Gasteiger partial charge in [0.1, 0.15) is 11.5 Å². The fourth-order valence-corrected chi connectivity index (χ4v) is 2.17. The number of hydrazone groups is 1. The number of ether oxygens (including phenoxy) is 1. The minimum atomic E-state index is 0.660. The Labute approximate surface area is 125 Å². The summed E-state index contributed by atoms with van der Waals surface area (Å²) in [6.45, 7) is 6.58. The van der Waals surface area contributed by atoms with Gasteiger partial charge in [-0.2, -0.15) is 5.10 Å². The van der Waals surface area contributed by atoms with Gasteiger partial charge in [0.25, 0.3) is 0 Å². The van der Waals surface area contributed by atoms with E-state index in [1.54, 1.807) is 7.11 Å². The Balaban J connectivity index is 2.01. The quantitative estimate of drug-likeness (QED) is 0.655. The largest absolute Gasteiger partial charge is 0.497 e. The number of methoxy groups -OCH3 is 1. The summed E-state index contributed by atoms with van der Waals surface area (Å²) >= 11 is 0. The Morgan fingerprint density at radius 1 is 1.33 bits per heavy atom. The van der Waals surface area contributed by atoms with Gasteiger partial charge in [0.15, 0.2) is 0 Å². The lowest BCUT2D eigenvalue weighted by Gasteiger charge is -2.05. The normalized spacial score (nSPS) is 11.5. The highest BCUT2D eigenvalue weighted by Gasteiger charge is 2.13. The first-order valence-corrected chi connectivity index (χ1v) is 7.01. The molecule has 0 aliphatic rings. The zero-order chi connectivity index (χ0) is 15.2. The molecule has 5 nitrogen and oxygen atoms in total. The van der Waals surface area contributed by atoms with Crippen LogP contribution in [0.1, 0.15) is 36.4 Å². The second-order valence-electron chi connectivity index (χ2n) is 4.79. The second-order valence-corrected chi connectivity index (χ2v) is 4.79. The Morgan fingerprint density at radius 2 is 2.05 bits per heavy atom. The van der Waals surface area contributed by atoms with Crippen LogP contribution in [0, 0.1) is 6.92 Å². The summed E-state index contributed by atoms with van der Waals surface area (Å²) in [4.78, 5) is 0. The van der Waals surface area contributed by atoms with E-state index in [0.29, 0.717) is 6.54 Å². The van der Waals surface area contributed by atoms with Crippen LogP contribution in [-0.4, -0.2) is 18.0 Å². The molecule has 0 aliphatic heterocycles. The Kier molecular flexibility index (Phi) is 4.98. The van der Waals surface area contributed by atoms with Crippen molar-refractivity contribution in [2.75, 3.05) is 7.11 Å². The van der Waals surface area contributed by atoms with Gasteiger partial charge in [-0.15, -0.1) is 0 Å². The van der Waals surface area contributed by atoms with Crippen molar-refractivity contribution < 1.29 is 9.26 Å². The molecule has 0 bridgehead atoms. The van der Waals surface area contributed by atoms with E-state index in [0.717, 1.165) is 40.5 Å². The average molecular weight is 287 g/mol. The van der Waals surface area contributed by atoms with Crippen molar-refractivity contribution in [2.45, 2.75) is 33.7 Å². The van der Waals surface area contributed by atoms with Crippen LogP contribution in [0.2, 0.25) is 0 Å². The van der Waals surface area contributed by atoms with Gasteiger partial charge >= 0.3 is 0 Å². The molecule has 0 spiro atoms. The standard InChI is InChI=1S/C16H21N3O2/c1-5-15-16(12(3)21-19-15)11(2)18-17-10-13-6-8-14(20-4)9-7-13/h6-9,17H,5,10H2,1-4H3. The molecule has 0 saturated carbocycles. The van der Waals surface area contributed by atoms with Crippen LogP contribution in [-0.2, 0) is 13.0 Å². The molecule has 1 heterocycles. The van der Waals surface area contributed by atoms with Crippen molar-refractivity contribution in [3.05, 3.63) is 46.8 Å². The predicted molar refractivity (Wildman–Crippen MR) is 82.7 cm³/mol. The van der Waals surface area contributed by atoms with Crippen molar-refractivity contribution in [3.63, 3.8) is 0 Å². The first-order chi connectivity index (χ1) is 10.2. The molecule has 21 heavy (non-hydrogen) atoms. The summed E-state index contributed by atoms with van der Waals surface area (Å²) in [7, 11) is 1.66. The van der Waals surface area contributed by atoms with Gasteiger partial charge in [0.05, 0.1) is 30.6 Å². The lowest BCUT2D eigenvalue weighted by Crippen LogP contribution is -2.10. The van der Waals surface area contributed by atoms with E-state index in [-0.39, 0.29) is 0 Å². The molecule has 0 radical (unpaired) electrons. The highest BCUT2D eigenvalue weighted by molar-refractivity contribution is 6.00. The van der Waals surface area contributed by atoms with Gasteiger partial charge in [0.2, 0.25) is 0 Å². The van der Waals surface area contributed by atoms with Crippen LogP contribution in [0.4, 0.5) is 0 Å². The van der Waals surface area contributed by atoms with Crippen molar-refractivity contribution in [1.82, 2.24) is 10.6 Å². The molecule has 0 saturated heterocycles. The summed E-state index contributed by atoms with van der Waals surface area (Å²) in [6, 6.07) is 7.90. The summed E-state index contributed by atoms with van der Waals surface area (Å²) in [6.07, 6.45) is 0.831. The molecule has 0 fully saturated rings. The highest BCUT2D eigenvalue weighted by atomic mass is 16.5. The van der Waals surface area contributed by atoms with Gasteiger partial charge in [-0.25, -0.2) is 0 Å². The zero-order valence-electron chi connectivity index (χ0n) is 12.9. The molecule has 0 aliphatic carbocycles. The third-order valence-electron chi connectivity index (χ3n) is 3.32. The number of hydrogen-bond acceptors (Lipinski definition) is 5. The van der Waals surface area contributed by atoms with Crippen LogP contribution in [0.3, 0.4) is 0 Å². The van der Waals surface area contributed by atoms with Crippen molar-refractivity contribution in [1.29, 1.82) is 0 Å². The number of rotatable bonds is 6. The summed E-state index contributed by atoms with van der Waals surface area (Å²) in [5.41, 5.74) is 7.06. The topological polar surface area (TPSA) is 59.7 Å². The average Bonchev–Trinajstić information content (AvgIpc) is 2.89. The van der Waals surface area contributed by atoms with E-state index in [4.69, 9.17) is 9.26 Å². The molecule has 0 atom stereocenters. The lowest BCUT2D eigenvalue weighted by molar-refractivity contribution is 0.391. The first-order valence-electron chi connectivity index (χ1n) is 7.01. The molecule has 1 aromatic heterocycles. The van der Waals surface area contributed by atoms with E-state index in [1.807, 2.05) is 38.1 Å². The van der Waals surface area contributed by atoms with Crippen molar-refractivity contribution in [2.24, 2.45) is 5.10 Å². The molecular formula is C16H21N3O2. The van der Waals surface area contributed by atoms with Gasteiger partial charge in [0, 0.05) is 0 Å². The molecule has 1 aromatic carbocycles. The molecule has 1 N–H and O–H groups in total. The number of hydrogen-bond donors (Lipinski definition) is 1. The van der Waals surface area contributed by atoms with E-state index < -0.39 is 0 Å². The number of aromatic nitrogens is 1. The summed E-state index contributed by atoms with van der Waals surface area (Å²) in [5.74, 6) is 1.66. The third kappa shape index (κ3) is 3.62. The van der Waals surface area contributed by atoms with E-state index >= 15 is 0 Å². The van der Waals surface area contributed by atoms with Gasteiger partial charge < -0.3 is 14.7 Å². The molecule has 5 heteroatoms. The number of aryl methyl sites for hydroxylation is 2. The van der Waals surface area contributed by atoms with Crippen LogP contribution >= 0.6 is 0 Å². The Hall–Kier alpha value is -2.30. The fraction of sp³-hybridized carbons (Fsp3) is 0.375.